The predicted octanol–water partition coefficient (Wildman–Crippen LogP) is 4.50. The summed E-state index contributed by atoms with van der Waals surface area (Å²) in [5, 5.41) is 7.76. The second-order valence-corrected chi connectivity index (χ2v) is 9.46. The summed E-state index contributed by atoms with van der Waals surface area (Å²) in [5.41, 5.74) is 4.24. The summed E-state index contributed by atoms with van der Waals surface area (Å²) >= 11 is 6.62. The van der Waals surface area contributed by atoms with E-state index >= 15 is 0 Å². The second-order valence-electron chi connectivity index (χ2n) is 9.05. The van der Waals surface area contributed by atoms with Gasteiger partial charge in [-0.25, -0.2) is 0 Å². The first-order valence-electron chi connectivity index (χ1n) is 11.3. The van der Waals surface area contributed by atoms with E-state index in [9.17, 15) is 4.79 Å². The van der Waals surface area contributed by atoms with E-state index in [1.807, 2.05) is 37.3 Å². The van der Waals surface area contributed by atoms with Crippen LogP contribution in [0.25, 0.3) is 0 Å². The van der Waals surface area contributed by atoms with E-state index in [-0.39, 0.29) is 18.0 Å². The van der Waals surface area contributed by atoms with Crippen molar-refractivity contribution in [1.82, 2.24) is 15.5 Å². The van der Waals surface area contributed by atoms with Crippen molar-refractivity contribution in [3.05, 3.63) is 69.7 Å². The molecular weight excluding hydrogens is 394 g/mol. The topological polar surface area (TPSA) is 44.4 Å². The van der Waals surface area contributed by atoms with Crippen molar-refractivity contribution in [2.24, 2.45) is 5.92 Å². The van der Waals surface area contributed by atoms with Crippen molar-refractivity contribution in [2.75, 3.05) is 19.6 Å². The molecule has 2 aromatic carbocycles. The van der Waals surface area contributed by atoms with Crippen LogP contribution in [0.15, 0.2) is 42.5 Å². The molecule has 0 aromatic heterocycles. The average molecular weight is 424 g/mol. The molecule has 2 saturated heterocycles. The number of halogens is 1. The van der Waals surface area contributed by atoms with E-state index in [1.165, 1.54) is 18.4 Å². The molecule has 2 aromatic rings. The fourth-order valence-corrected chi connectivity index (χ4v) is 5.96. The lowest BCUT2D eigenvalue weighted by atomic mass is 9.76. The summed E-state index contributed by atoms with van der Waals surface area (Å²) in [6.07, 6.45) is 4.57. The van der Waals surface area contributed by atoms with Gasteiger partial charge in [-0.2, -0.15) is 0 Å². The summed E-state index contributed by atoms with van der Waals surface area (Å²) in [5.74, 6) is 0.728. The zero-order chi connectivity index (χ0) is 20.7. The van der Waals surface area contributed by atoms with Gasteiger partial charge in [-0.1, -0.05) is 41.9 Å². The molecule has 2 fully saturated rings. The van der Waals surface area contributed by atoms with Gasteiger partial charge < -0.3 is 10.6 Å². The van der Waals surface area contributed by atoms with E-state index in [1.54, 1.807) is 0 Å². The zero-order valence-corrected chi connectivity index (χ0v) is 18.3. The highest BCUT2D eigenvalue weighted by Gasteiger charge is 2.41. The van der Waals surface area contributed by atoms with Crippen LogP contribution in [0, 0.1) is 5.92 Å². The number of carbonyl (C=O) groups excluding carboxylic acids is 1. The van der Waals surface area contributed by atoms with E-state index in [2.05, 4.69) is 27.7 Å². The molecule has 3 heterocycles. The lowest BCUT2D eigenvalue weighted by Gasteiger charge is -2.49. The number of amides is 1. The van der Waals surface area contributed by atoms with E-state index < -0.39 is 0 Å². The van der Waals surface area contributed by atoms with Gasteiger partial charge in [-0.3, -0.25) is 9.69 Å². The van der Waals surface area contributed by atoms with Gasteiger partial charge in [0.2, 0.25) is 0 Å². The van der Waals surface area contributed by atoms with Crippen LogP contribution in [0.2, 0.25) is 5.02 Å². The summed E-state index contributed by atoms with van der Waals surface area (Å²) in [6.45, 7) is 5.30. The Morgan fingerprint density at radius 3 is 2.90 bits per heavy atom. The molecule has 1 amide bonds. The molecule has 0 saturated carbocycles. The minimum Gasteiger partial charge on any atom is -0.346 e. The van der Waals surface area contributed by atoms with Gasteiger partial charge in [0.15, 0.2) is 0 Å². The number of hydrogen-bond donors (Lipinski definition) is 2. The number of carbonyl (C=O) groups is 1. The van der Waals surface area contributed by atoms with Crippen molar-refractivity contribution >= 4 is 17.5 Å². The molecule has 3 aliphatic heterocycles. The fourth-order valence-electron chi connectivity index (χ4n) is 5.71. The largest absolute Gasteiger partial charge is 0.346 e. The monoisotopic (exact) mass is 423 g/mol. The average Bonchev–Trinajstić information content (AvgIpc) is 2.78. The number of fused-ring (bicyclic) bond motifs is 4. The first-order chi connectivity index (χ1) is 14.6. The normalized spacial score (nSPS) is 26.8. The number of hydrogen-bond acceptors (Lipinski definition) is 3. The van der Waals surface area contributed by atoms with Crippen LogP contribution in [0.4, 0.5) is 0 Å². The Morgan fingerprint density at radius 2 is 2.07 bits per heavy atom. The SMILES string of the molecule is C[C@@H](NC(=O)c1ccc(Cl)c2c1[C@@H]1C[C@@H]3NCCC[C@@H]3CN1CC2)c1ccccc1. The number of nitrogens with one attached hydrogen (secondary N) is 2. The summed E-state index contributed by atoms with van der Waals surface area (Å²) in [4.78, 5) is 16.0. The van der Waals surface area contributed by atoms with Gasteiger partial charge >= 0.3 is 0 Å². The van der Waals surface area contributed by atoms with E-state index in [4.69, 9.17) is 11.6 Å². The molecular formula is C25H30ClN3O. The molecule has 158 valence electrons. The maximum atomic E-state index is 13.4. The van der Waals surface area contributed by atoms with E-state index in [0.29, 0.717) is 6.04 Å². The Labute approximate surface area is 184 Å². The molecule has 5 heteroatoms. The molecule has 5 rings (SSSR count). The maximum Gasteiger partial charge on any atom is 0.252 e. The van der Waals surface area contributed by atoms with Crippen LogP contribution in [-0.2, 0) is 6.42 Å². The Morgan fingerprint density at radius 1 is 1.23 bits per heavy atom. The standard InChI is InChI=1S/C25H30ClN3O/c1-16(17-6-3-2-4-7-17)28-25(30)20-9-10-21(26)19-11-13-29-15-18-8-5-12-27-22(18)14-23(29)24(19)20/h2-4,6-7,9-10,16,18,22-23,27H,5,8,11-15H2,1H3,(H,28,30)/t16-,18-,22+,23+/m1/s1. The van der Waals surface area contributed by atoms with Crippen LogP contribution in [0.1, 0.15) is 65.3 Å². The Balaban J connectivity index is 1.45. The van der Waals surface area contributed by atoms with Crippen LogP contribution < -0.4 is 10.6 Å². The molecule has 0 bridgehead atoms. The summed E-state index contributed by atoms with van der Waals surface area (Å²) in [7, 11) is 0. The van der Waals surface area contributed by atoms with Crippen LogP contribution in [0.5, 0.6) is 0 Å². The lowest BCUT2D eigenvalue weighted by molar-refractivity contribution is 0.0543. The van der Waals surface area contributed by atoms with Gasteiger partial charge in [0, 0.05) is 35.8 Å². The molecule has 0 unspecified atom stereocenters. The highest BCUT2D eigenvalue weighted by Crippen LogP contribution is 2.43. The van der Waals surface area contributed by atoms with Crippen LogP contribution >= 0.6 is 11.6 Å². The molecule has 2 N–H and O–H groups in total. The van der Waals surface area contributed by atoms with Crippen molar-refractivity contribution < 1.29 is 4.79 Å². The number of piperidine rings is 2. The van der Waals surface area contributed by atoms with E-state index in [0.717, 1.165) is 60.1 Å². The molecule has 4 atom stereocenters. The maximum absolute atomic E-state index is 13.4. The Bertz CT molecular complexity index is 931. The van der Waals surface area contributed by atoms with Gasteiger partial charge in [-0.05, 0) is 73.9 Å². The van der Waals surface area contributed by atoms with Crippen molar-refractivity contribution in [3.8, 4) is 0 Å². The number of nitrogens with zero attached hydrogens (tertiary/aromatic N) is 1. The second kappa shape index (κ2) is 8.33. The minimum absolute atomic E-state index is 0.000142. The first kappa shape index (κ1) is 20.0. The predicted molar refractivity (Wildman–Crippen MR) is 121 cm³/mol. The Hall–Kier alpha value is -1.88. The molecule has 4 nitrogen and oxygen atoms in total. The number of rotatable bonds is 3. The number of benzene rings is 2. The smallest absolute Gasteiger partial charge is 0.252 e. The highest BCUT2D eigenvalue weighted by molar-refractivity contribution is 6.31. The summed E-state index contributed by atoms with van der Waals surface area (Å²) in [6, 6.07) is 14.7. The molecule has 0 radical (unpaired) electrons. The van der Waals surface area contributed by atoms with Crippen molar-refractivity contribution in [2.45, 2.75) is 50.7 Å². The van der Waals surface area contributed by atoms with Gasteiger partial charge in [0.25, 0.3) is 5.91 Å². The van der Waals surface area contributed by atoms with Crippen molar-refractivity contribution in [1.29, 1.82) is 0 Å². The fraction of sp³-hybridized carbons (Fsp3) is 0.480. The molecule has 30 heavy (non-hydrogen) atoms. The third kappa shape index (κ3) is 3.66. The van der Waals surface area contributed by atoms with Gasteiger partial charge in [0.05, 0.1) is 6.04 Å². The van der Waals surface area contributed by atoms with Crippen LogP contribution in [-0.4, -0.2) is 36.5 Å². The minimum atomic E-state index is -0.0412. The molecule has 3 aliphatic rings. The Kier molecular flexibility index (Phi) is 5.57. The lowest BCUT2D eigenvalue weighted by Crippen LogP contribution is -2.55. The van der Waals surface area contributed by atoms with Crippen LogP contribution in [0.3, 0.4) is 0 Å². The quantitative estimate of drug-likeness (QED) is 0.763. The van der Waals surface area contributed by atoms with Crippen molar-refractivity contribution in [3.63, 3.8) is 0 Å². The summed E-state index contributed by atoms with van der Waals surface area (Å²) < 4.78 is 0. The third-order valence-corrected chi connectivity index (χ3v) is 7.64. The van der Waals surface area contributed by atoms with Gasteiger partial charge in [0.1, 0.15) is 0 Å². The third-order valence-electron chi connectivity index (χ3n) is 7.29. The first-order valence-corrected chi connectivity index (χ1v) is 11.6. The zero-order valence-electron chi connectivity index (χ0n) is 17.5. The molecule has 0 spiro atoms. The molecule has 0 aliphatic carbocycles. The highest BCUT2D eigenvalue weighted by atomic mass is 35.5. The van der Waals surface area contributed by atoms with Gasteiger partial charge in [-0.15, -0.1) is 0 Å².